The lowest BCUT2D eigenvalue weighted by molar-refractivity contribution is 0.517. The molecule has 0 aliphatic heterocycles. The Hall–Kier alpha value is -1.68. The van der Waals surface area contributed by atoms with Gasteiger partial charge in [-0.05, 0) is 18.4 Å². The van der Waals surface area contributed by atoms with Crippen LogP contribution in [0, 0.1) is 5.92 Å². The van der Waals surface area contributed by atoms with Crippen LogP contribution in [0.3, 0.4) is 0 Å². The molecule has 0 amide bonds. The predicted molar refractivity (Wildman–Crippen MR) is 76.6 cm³/mol. The third-order valence-corrected chi connectivity index (χ3v) is 3.24. The molecule has 0 aliphatic rings. The van der Waals surface area contributed by atoms with E-state index in [0.29, 0.717) is 5.92 Å². The van der Waals surface area contributed by atoms with E-state index >= 15 is 0 Å². The lowest BCUT2D eigenvalue weighted by Gasteiger charge is -2.23. The van der Waals surface area contributed by atoms with Crippen LogP contribution in [0.25, 0.3) is 0 Å². The maximum atomic E-state index is 6.48. The van der Waals surface area contributed by atoms with Crippen molar-refractivity contribution < 1.29 is 0 Å². The minimum absolute atomic E-state index is 0.538. The maximum absolute atomic E-state index is 6.48. The van der Waals surface area contributed by atoms with Gasteiger partial charge < -0.3 is 5.73 Å². The van der Waals surface area contributed by atoms with Crippen LogP contribution >= 0.6 is 0 Å². The minimum Gasteiger partial charge on any atom is -0.315 e. The zero-order valence-corrected chi connectivity index (χ0v) is 12.1. The molecule has 0 spiro atoms. The highest BCUT2D eigenvalue weighted by atomic mass is 15.3. The molecule has 1 unspecified atom stereocenters. The van der Waals surface area contributed by atoms with E-state index in [2.05, 4.69) is 23.9 Å². The number of hydrogen-bond donors (Lipinski definition) is 1. The molecule has 0 radical (unpaired) electrons. The van der Waals surface area contributed by atoms with Crippen molar-refractivity contribution in [2.45, 2.75) is 32.7 Å². The Morgan fingerprint density at radius 2 is 1.89 bits per heavy atom. The average molecular weight is 258 g/mol. The first-order valence-electron chi connectivity index (χ1n) is 6.66. The second-order valence-corrected chi connectivity index (χ2v) is 5.64. The zero-order chi connectivity index (χ0) is 14.0. The molecule has 1 aromatic carbocycles. The molecular formula is C15H22N4. The van der Waals surface area contributed by atoms with Crippen LogP contribution in [0.4, 0.5) is 0 Å². The van der Waals surface area contributed by atoms with Gasteiger partial charge >= 0.3 is 0 Å². The Morgan fingerprint density at radius 1 is 1.26 bits per heavy atom. The molecule has 2 aromatic rings. The van der Waals surface area contributed by atoms with Crippen LogP contribution in [0.2, 0.25) is 0 Å². The first-order valence-corrected chi connectivity index (χ1v) is 6.66. The third kappa shape index (κ3) is 2.84. The summed E-state index contributed by atoms with van der Waals surface area (Å²) in [6, 6.07) is 10.0. The lowest BCUT2D eigenvalue weighted by atomic mass is 9.92. The van der Waals surface area contributed by atoms with Crippen molar-refractivity contribution >= 4 is 0 Å². The van der Waals surface area contributed by atoms with Gasteiger partial charge in [0.25, 0.3) is 0 Å². The summed E-state index contributed by atoms with van der Waals surface area (Å²) in [7, 11) is 1.90. The van der Waals surface area contributed by atoms with E-state index in [9.17, 15) is 0 Å². The van der Waals surface area contributed by atoms with Crippen LogP contribution in [-0.2, 0) is 19.0 Å². The molecular weight excluding hydrogens is 236 g/mol. The highest BCUT2D eigenvalue weighted by molar-refractivity contribution is 5.30. The summed E-state index contributed by atoms with van der Waals surface area (Å²) in [5.41, 5.74) is 6.90. The summed E-state index contributed by atoms with van der Waals surface area (Å²) >= 11 is 0. The molecule has 19 heavy (non-hydrogen) atoms. The lowest BCUT2D eigenvalue weighted by Crippen LogP contribution is -2.37. The first-order chi connectivity index (χ1) is 8.91. The number of aromatic nitrogens is 3. The molecule has 0 saturated carbocycles. The fourth-order valence-electron chi connectivity index (χ4n) is 2.25. The van der Waals surface area contributed by atoms with E-state index in [1.165, 1.54) is 0 Å². The van der Waals surface area contributed by atoms with E-state index in [4.69, 9.17) is 5.73 Å². The number of benzene rings is 1. The van der Waals surface area contributed by atoms with Crippen molar-refractivity contribution in [1.29, 1.82) is 0 Å². The fraction of sp³-hybridized carbons (Fsp3) is 0.467. The van der Waals surface area contributed by atoms with E-state index in [1.807, 2.05) is 44.3 Å². The van der Waals surface area contributed by atoms with Crippen LogP contribution in [0.5, 0.6) is 0 Å². The molecule has 2 rings (SSSR count). The smallest absolute Gasteiger partial charge is 0.151 e. The van der Waals surface area contributed by atoms with Crippen LogP contribution < -0.4 is 5.73 Å². The average Bonchev–Trinajstić information content (AvgIpc) is 2.71. The number of nitrogens with two attached hydrogens (primary N) is 1. The van der Waals surface area contributed by atoms with Gasteiger partial charge in [0.05, 0.1) is 5.54 Å². The first kappa shape index (κ1) is 13.7. The van der Waals surface area contributed by atoms with Gasteiger partial charge in [-0.15, -0.1) is 0 Å². The minimum atomic E-state index is -0.627. The van der Waals surface area contributed by atoms with Crippen molar-refractivity contribution in [3.8, 4) is 0 Å². The van der Waals surface area contributed by atoms with E-state index < -0.39 is 5.54 Å². The Bertz CT molecular complexity index is 541. The fourth-order valence-corrected chi connectivity index (χ4v) is 2.25. The van der Waals surface area contributed by atoms with Gasteiger partial charge in [0.2, 0.25) is 0 Å². The molecule has 0 saturated heterocycles. The Balaban J connectivity index is 2.38. The molecule has 102 valence electrons. The second kappa shape index (κ2) is 5.13. The molecule has 1 atom stereocenters. The zero-order valence-electron chi connectivity index (χ0n) is 12.1. The quantitative estimate of drug-likeness (QED) is 0.915. The summed E-state index contributed by atoms with van der Waals surface area (Å²) in [5.74, 6) is 2.20. The van der Waals surface area contributed by atoms with E-state index in [1.54, 1.807) is 4.68 Å². The molecule has 0 bridgehead atoms. The van der Waals surface area contributed by atoms with Crippen molar-refractivity contribution in [2.75, 3.05) is 0 Å². The van der Waals surface area contributed by atoms with Crippen molar-refractivity contribution in [1.82, 2.24) is 14.8 Å². The Kier molecular flexibility index (Phi) is 3.71. The van der Waals surface area contributed by atoms with Gasteiger partial charge in [-0.2, -0.15) is 5.10 Å². The largest absolute Gasteiger partial charge is 0.315 e. The molecule has 1 aromatic heterocycles. The van der Waals surface area contributed by atoms with Crippen molar-refractivity contribution in [3.05, 3.63) is 47.5 Å². The third-order valence-electron chi connectivity index (χ3n) is 3.24. The normalized spacial score (nSPS) is 14.6. The van der Waals surface area contributed by atoms with E-state index in [0.717, 1.165) is 23.6 Å². The van der Waals surface area contributed by atoms with Gasteiger partial charge in [-0.3, -0.25) is 4.68 Å². The number of rotatable bonds is 4. The number of hydrogen-bond acceptors (Lipinski definition) is 3. The maximum Gasteiger partial charge on any atom is 0.151 e. The SMILES string of the molecule is CC(C)Cc1nc(C(C)(N)c2ccccc2)n(C)n1. The number of aryl methyl sites for hydroxylation is 1. The van der Waals surface area contributed by atoms with Crippen LogP contribution in [-0.4, -0.2) is 14.8 Å². The molecule has 4 heteroatoms. The molecule has 2 N–H and O–H groups in total. The molecule has 4 nitrogen and oxygen atoms in total. The molecule has 1 heterocycles. The highest BCUT2D eigenvalue weighted by Gasteiger charge is 2.29. The van der Waals surface area contributed by atoms with Crippen LogP contribution in [0.1, 0.15) is 38.0 Å². The van der Waals surface area contributed by atoms with E-state index in [-0.39, 0.29) is 0 Å². The van der Waals surface area contributed by atoms with Gasteiger partial charge in [0, 0.05) is 13.5 Å². The summed E-state index contributed by atoms with van der Waals surface area (Å²) in [4.78, 5) is 4.62. The molecule has 0 fully saturated rings. The van der Waals surface area contributed by atoms with Gasteiger partial charge in [-0.1, -0.05) is 44.2 Å². The van der Waals surface area contributed by atoms with Gasteiger partial charge in [-0.25, -0.2) is 4.98 Å². The van der Waals surface area contributed by atoms with Crippen molar-refractivity contribution in [3.63, 3.8) is 0 Å². The second-order valence-electron chi connectivity index (χ2n) is 5.64. The Labute approximate surface area is 114 Å². The topological polar surface area (TPSA) is 56.7 Å². The van der Waals surface area contributed by atoms with Crippen molar-refractivity contribution in [2.24, 2.45) is 18.7 Å². The summed E-state index contributed by atoms with van der Waals surface area (Å²) in [6.07, 6.45) is 0.874. The monoisotopic (exact) mass is 258 g/mol. The molecule has 0 aliphatic carbocycles. The summed E-state index contributed by atoms with van der Waals surface area (Å²) < 4.78 is 1.80. The predicted octanol–water partition coefficient (Wildman–Crippen LogP) is 2.24. The standard InChI is InChI=1S/C15H22N4/c1-11(2)10-13-17-14(19(4)18-13)15(3,16)12-8-6-5-7-9-12/h5-9,11H,10,16H2,1-4H3. The Morgan fingerprint density at radius 3 is 2.47 bits per heavy atom. The van der Waals surface area contributed by atoms with Gasteiger partial charge in [0.1, 0.15) is 0 Å². The summed E-state index contributed by atoms with van der Waals surface area (Å²) in [6.45, 7) is 6.30. The van der Waals surface area contributed by atoms with Crippen LogP contribution in [0.15, 0.2) is 30.3 Å². The summed E-state index contributed by atoms with van der Waals surface area (Å²) in [5, 5.41) is 4.47. The highest BCUT2D eigenvalue weighted by Crippen LogP contribution is 2.24. The number of nitrogens with zero attached hydrogens (tertiary/aromatic N) is 3. The van der Waals surface area contributed by atoms with Gasteiger partial charge in [0.15, 0.2) is 11.6 Å².